The minimum Gasteiger partial charge on any atom is -0.341 e. The second kappa shape index (κ2) is 7.29. The molecule has 1 N–H and O–H groups in total. The third-order valence-corrected chi connectivity index (χ3v) is 5.02. The van der Waals surface area contributed by atoms with Gasteiger partial charge in [0.25, 0.3) is 0 Å². The predicted molar refractivity (Wildman–Crippen MR) is 84.8 cm³/mol. The van der Waals surface area contributed by atoms with Crippen molar-refractivity contribution in [3.05, 3.63) is 0 Å². The second-order valence-electron chi connectivity index (χ2n) is 6.59. The van der Waals surface area contributed by atoms with E-state index in [4.69, 9.17) is 0 Å². The van der Waals surface area contributed by atoms with Crippen molar-refractivity contribution in [3.8, 4) is 0 Å². The number of carbonyl (C=O) groups is 4. The van der Waals surface area contributed by atoms with Crippen LogP contribution in [-0.2, 0) is 19.2 Å². The molecular weight excluding hydrogens is 312 g/mol. The van der Waals surface area contributed by atoms with Crippen LogP contribution in [0.3, 0.4) is 0 Å². The number of imide groups is 1. The second-order valence-corrected chi connectivity index (χ2v) is 6.59. The normalized spacial score (nSPS) is 25.6. The van der Waals surface area contributed by atoms with Gasteiger partial charge in [0.05, 0.1) is 6.54 Å². The maximum absolute atomic E-state index is 12.4. The van der Waals surface area contributed by atoms with Crippen molar-refractivity contribution < 1.29 is 19.2 Å². The predicted octanol–water partition coefficient (Wildman–Crippen LogP) is -1.05. The summed E-state index contributed by atoms with van der Waals surface area (Å²) in [5.41, 5.74) is 0. The van der Waals surface area contributed by atoms with Crippen LogP contribution < -0.4 is 5.32 Å². The summed E-state index contributed by atoms with van der Waals surface area (Å²) < 4.78 is 0. The maximum atomic E-state index is 12.4. The lowest BCUT2D eigenvalue weighted by Crippen LogP contribution is -2.57. The third-order valence-electron chi connectivity index (χ3n) is 5.02. The van der Waals surface area contributed by atoms with E-state index in [2.05, 4.69) is 5.32 Å². The number of nitrogens with zero attached hydrogens (tertiary/aromatic N) is 3. The molecule has 0 aliphatic carbocycles. The lowest BCUT2D eigenvalue weighted by molar-refractivity contribution is -0.142. The van der Waals surface area contributed by atoms with Crippen LogP contribution >= 0.6 is 0 Å². The number of hydrogen-bond acceptors (Lipinski definition) is 5. The average Bonchev–Trinajstić information content (AvgIpc) is 2.91. The van der Waals surface area contributed by atoms with Crippen LogP contribution in [0.15, 0.2) is 0 Å². The molecule has 3 rings (SSSR count). The fourth-order valence-corrected chi connectivity index (χ4v) is 3.68. The molecule has 1 atom stereocenters. The standard InChI is InChI=1S/C16H24N4O4/c21-13(5-8-20-14(22)3-4-15(20)23)18-7-1-2-12(11-18)19-9-6-17-10-16(19)24/h12,17H,1-11H2. The Balaban J connectivity index is 1.52. The summed E-state index contributed by atoms with van der Waals surface area (Å²) >= 11 is 0. The highest BCUT2D eigenvalue weighted by atomic mass is 16.2. The fraction of sp³-hybridized carbons (Fsp3) is 0.750. The Bertz CT molecular complexity index is 534. The number of piperidine rings is 1. The van der Waals surface area contributed by atoms with Gasteiger partial charge in [-0.3, -0.25) is 24.1 Å². The van der Waals surface area contributed by atoms with Crippen LogP contribution in [0.4, 0.5) is 0 Å². The van der Waals surface area contributed by atoms with Crippen molar-refractivity contribution in [2.75, 3.05) is 39.3 Å². The lowest BCUT2D eigenvalue weighted by atomic mass is 10.0. The smallest absolute Gasteiger partial charge is 0.236 e. The number of nitrogens with one attached hydrogen (secondary N) is 1. The van der Waals surface area contributed by atoms with E-state index < -0.39 is 0 Å². The van der Waals surface area contributed by atoms with Crippen molar-refractivity contribution in [3.63, 3.8) is 0 Å². The van der Waals surface area contributed by atoms with Gasteiger partial charge in [-0.2, -0.15) is 0 Å². The Morgan fingerprint density at radius 3 is 2.54 bits per heavy atom. The summed E-state index contributed by atoms with van der Waals surface area (Å²) in [7, 11) is 0. The van der Waals surface area contributed by atoms with Gasteiger partial charge in [0.2, 0.25) is 23.6 Å². The van der Waals surface area contributed by atoms with Crippen LogP contribution in [0.1, 0.15) is 32.1 Å². The SMILES string of the molecule is O=C(CCN1C(=O)CCC1=O)N1CCCC(N2CCNCC2=O)C1. The minimum atomic E-state index is -0.185. The summed E-state index contributed by atoms with van der Waals surface area (Å²) in [5.74, 6) is -0.324. The molecule has 3 aliphatic heterocycles. The molecule has 3 heterocycles. The number of piperazine rings is 1. The van der Waals surface area contributed by atoms with E-state index >= 15 is 0 Å². The molecular formula is C16H24N4O4. The highest BCUT2D eigenvalue weighted by molar-refractivity contribution is 6.02. The van der Waals surface area contributed by atoms with Gasteiger partial charge >= 0.3 is 0 Å². The van der Waals surface area contributed by atoms with Gasteiger partial charge in [0.15, 0.2) is 0 Å². The zero-order valence-electron chi connectivity index (χ0n) is 13.8. The molecule has 0 radical (unpaired) electrons. The van der Waals surface area contributed by atoms with Crippen molar-refractivity contribution in [2.45, 2.75) is 38.1 Å². The van der Waals surface area contributed by atoms with Crippen LogP contribution in [-0.4, -0.2) is 83.6 Å². The fourth-order valence-electron chi connectivity index (χ4n) is 3.68. The third kappa shape index (κ3) is 3.58. The quantitative estimate of drug-likeness (QED) is 0.662. The molecule has 3 aliphatic rings. The van der Waals surface area contributed by atoms with Gasteiger partial charge in [0, 0.05) is 58.0 Å². The van der Waals surface area contributed by atoms with Crippen LogP contribution in [0.2, 0.25) is 0 Å². The summed E-state index contributed by atoms with van der Waals surface area (Å²) in [4.78, 5) is 52.5. The first kappa shape index (κ1) is 16.9. The van der Waals surface area contributed by atoms with Gasteiger partial charge in [0.1, 0.15) is 0 Å². The molecule has 3 fully saturated rings. The summed E-state index contributed by atoms with van der Waals surface area (Å²) in [6.45, 7) is 3.23. The molecule has 0 aromatic rings. The minimum absolute atomic E-state index is 0.0465. The Morgan fingerprint density at radius 2 is 1.83 bits per heavy atom. The average molecular weight is 336 g/mol. The molecule has 0 bridgehead atoms. The van der Waals surface area contributed by atoms with Crippen molar-refractivity contribution in [1.82, 2.24) is 20.0 Å². The first-order chi connectivity index (χ1) is 11.6. The Morgan fingerprint density at radius 1 is 1.08 bits per heavy atom. The first-order valence-corrected chi connectivity index (χ1v) is 8.67. The Labute approximate surface area is 141 Å². The van der Waals surface area contributed by atoms with E-state index in [0.717, 1.165) is 19.4 Å². The van der Waals surface area contributed by atoms with Crippen molar-refractivity contribution in [1.29, 1.82) is 0 Å². The van der Waals surface area contributed by atoms with Crippen molar-refractivity contribution >= 4 is 23.6 Å². The topological polar surface area (TPSA) is 90.0 Å². The molecule has 0 saturated carbocycles. The van der Waals surface area contributed by atoms with E-state index in [-0.39, 0.29) is 55.5 Å². The Kier molecular flexibility index (Phi) is 5.13. The maximum Gasteiger partial charge on any atom is 0.236 e. The number of carbonyl (C=O) groups excluding carboxylic acids is 4. The van der Waals surface area contributed by atoms with E-state index in [9.17, 15) is 19.2 Å². The van der Waals surface area contributed by atoms with Crippen molar-refractivity contribution in [2.24, 2.45) is 0 Å². The van der Waals surface area contributed by atoms with Gasteiger partial charge in [-0.15, -0.1) is 0 Å². The number of hydrogen-bond donors (Lipinski definition) is 1. The van der Waals surface area contributed by atoms with Crippen LogP contribution in [0.25, 0.3) is 0 Å². The molecule has 1 unspecified atom stereocenters. The van der Waals surface area contributed by atoms with E-state index in [1.165, 1.54) is 4.90 Å². The number of amides is 4. The number of rotatable bonds is 4. The summed E-state index contributed by atoms with van der Waals surface area (Å²) in [6.07, 6.45) is 2.46. The zero-order valence-corrected chi connectivity index (χ0v) is 13.8. The van der Waals surface area contributed by atoms with Crippen LogP contribution in [0.5, 0.6) is 0 Å². The van der Waals surface area contributed by atoms with Crippen LogP contribution in [0, 0.1) is 0 Å². The highest BCUT2D eigenvalue weighted by Crippen LogP contribution is 2.18. The summed E-state index contributed by atoms with van der Waals surface area (Å²) in [6, 6.07) is 0.0763. The monoisotopic (exact) mass is 336 g/mol. The van der Waals surface area contributed by atoms with E-state index in [0.29, 0.717) is 26.2 Å². The van der Waals surface area contributed by atoms with E-state index in [1.54, 1.807) is 4.90 Å². The highest BCUT2D eigenvalue weighted by Gasteiger charge is 2.33. The zero-order chi connectivity index (χ0) is 17.1. The largest absolute Gasteiger partial charge is 0.341 e. The molecule has 8 heteroatoms. The first-order valence-electron chi connectivity index (χ1n) is 8.67. The van der Waals surface area contributed by atoms with Gasteiger partial charge < -0.3 is 15.1 Å². The van der Waals surface area contributed by atoms with Gasteiger partial charge in [-0.05, 0) is 12.8 Å². The molecule has 3 saturated heterocycles. The van der Waals surface area contributed by atoms with Gasteiger partial charge in [-0.1, -0.05) is 0 Å². The molecule has 4 amide bonds. The molecule has 0 spiro atoms. The van der Waals surface area contributed by atoms with Gasteiger partial charge in [-0.25, -0.2) is 0 Å². The molecule has 8 nitrogen and oxygen atoms in total. The lowest BCUT2D eigenvalue weighted by Gasteiger charge is -2.41. The summed E-state index contributed by atoms with van der Waals surface area (Å²) in [5, 5.41) is 3.06. The molecule has 0 aromatic carbocycles. The molecule has 0 aromatic heterocycles. The van der Waals surface area contributed by atoms with E-state index in [1.807, 2.05) is 4.90 Å². The molecule has 24 heavy (non-hydrogen) atoms. The molecule has 132 valence electrons. The Hall–Kier alpha value is -1.96. The number of likely N-dealkylation sites (tertiary alicyclic amines) is 2.